The molecule has 0 heterocycles. The predicted octanol–water partition coefficient (Wildman–Crippen LogP) is 7.22. The zero-order valence-corrected chi connectivity index (χ0v) is 22.9. The molecule has 0 bridgehead atoms. The summed E-state index contributed by atoms with van der Waals surface area (Å²) < 4.78 is 0. The fourth-order valence-corrected chi connectivity index (χ4v) is 2.89. The van der Waals surface area contributed by atoms with Crippen LogP contribution in [0.1, 0.15) is 20.3 Å². The van der Waals surface area contributed by atoms with Crippen LogP contribution in [-0.4, -0.2) is 28.2 Å². The number of fused-ring (bicyclic) bond motifs is 3. The Morgan fingerprint density at radius 3 is 1.53 bits per heavy atom. The molecule has 0 aromatic heterocycles. The van der Waals surface area contributed by atoms with E-state index in [1.807, 2.05) is 32.4 Å². The molecule has 0 fully saturated rings. The first kappa shape index (κ1) is 31.0. The first-order valence-corrected chi connectivity index (χ1v) is 9.41. The standard InChI is InChI=1S/C17H19N2.C5H5.C3H7.2ClH.Zr/c1-18(2)14-5-7-16-12(10-14)9-13-11-15(19(3)4)6-8-17(13)16;1-2-4-5-3-1;1-3-2;;;/h5-11H,1-4H3;1-3H,4H2;3H,1-2H3;2*1H;/q3*-1;;;+3. The van der Waals surface area contributed by atoms with Crippen molar-refractivity contribution in [2.45, 2.75) is 20.3 Å². The predicted molar refractivity (Wildman–Crippen MR) is 137 cm³/mol. The summed E-state index contributed by atoms with van der Waals surface area (Å²) in [6, 6.07) is 15.6. The van der Waals surface area contributed by atoms with E-state index >= 15 is 0 Å². The molecule has 0 saturated heterocycles. The number of nitrogens with zero attached hydrogens (tertiary/aromatic N) is 2. The van der Waals surface area contributed by atoms with Gasteiger partial charge in [0.25, 0.3) is 0 Å². The minimum atomic E-state index is 0. The van der Waals surface area contributed by atoms with E-state index < -0.39 is 0 Å². The number of rotatable bonds is 2. The average molecular weight is 524 g/mol. The van der Waals surface area contributed by atoms with Gasteiger partial charge >= 0.3 is 26.2 Å². The van der Waals surface area contributed by atoms with Crippen LogP contribution in [0, 0.1) is 12.5 Å². The van der Waals surface area contributed by atoms with E-state index in [-0.39, 0.29) is 51.0 Å². The third-order valence-corrected chi connectivity index (χ3v) is 4.29. The number of allylic oxidation sites excluding steroid dienone is 4. The maximum absolute atomic E-state index is 2.99. The van der Waals surface area contributed by atoms with Crippen molar-refractivity contribution in [2.24, 2.45) is 0 Å². The molecular formula is C25H33Cl2N2Zr. The van der Waals surface area contributed by atoms with Crippen molar-refractivity contribution >= 4 is 57.7 Å². The van der Waals surface area contributed by atoms with Crippen molar-refractivity contribution in [3.05, 3.63) is 73.2 Å². The normalized spacial score (nSPS) is 10.6. The van der Waals surface area contributed by atoms with Gasteiger partial charge in [0, 0.05) is 39.6 Å². The van der Waals surface area contributed by atoms with Crippen LogP contribution in [-0.2, 0) is 26.2 Å². The third kappa shape index (κ3) is 8.54. The molecule has 0 saturated carbocycles. The van der Waals surface area contributed by atoms with Crippen molar-refractivity contribution in [2.75, 3.05) is 38.0 Å². The number of hydrogen-bond donors (Lipinski definition) is 0. The summed E-state index contributed by atoms with van der Waals surface area (Å²) in [6.45, 7) is 4.00. The van der Waals surface area contributed by atoms with Crippen molar-refractivity contribution in [3.8, 4) is 0 Å². The topological polar surface area (TPSA) is 6.48 Å². The van der Waals surface area contributed by atoms with E-state index in [2.05, 4.69) is 92.6 Å². The van der Waals surface area contributed by atoms with Gasteiger partial charge in [-0.3, -0.25) is 6.08 Å². The monoisotopic (exact) mass is 521 g/mol. The van der Waals surface area contributed by atoms with E-state index in [0.29, 0.717) is 0 Å². The van der Waals surface area contributed by atoms with Crippen LogP contribution < -0.4 is 9.80 Å². The van der Waals surface area contributed by atoms with Crippen molar-refractivity contribution in [3.63, 3.8) is 0 Å². The number of hydrogen-bond acceptors (Lipinski definition) is 2. The van der Waals surface area contributed by atoms with E-state index in [4.69, 9.17) is 0 Å². The molecule has 0 atom stereocenters. The second-order valence-corrected chi connectivity index (χ2v) is 7.06. The van der Waals surface area contributed by atoms with Crippen LogP contribution in [0.25, 0.3) is 21.5 Å². The summed E-state index contributed by atoms with van der Waals surface area (Å²) in [6.07, 6.45) is 12.0. The maximum Gasteiger partial charge on any atom is 3.00 e. The second kappa shape index (κ2) is 15.6. The van der Waals surface area contributed by atoms with Crippen LogP contribution in [0.2, 0.25) is 0 Å². The van der Waals surface area contributed by atoms with Gasteiger partial charge in [0.2, 0.25) is 0 Å². The quantitative estimate of drug-likeness (QED) is 0.327. The van der Waals surface area contributed by atoms with E-state index in [1.54, 1.807) is 0 Å². The van der Waals surface area contributed by atoms with Crippen molar-refractivity contribution in [1.82, 2.24) is 0 Å². The number of halogens is 2. The molecule has 1 radical (unpaired) electrons. The Hall–Kier alpha value is -1.15. The van der Waals surface area contributed by atoms with Gasteiger partial charge in [-0.05, 0) is 0 Å². The summed E-state index contributed by atoms with van der Waals surface area (Å²) in [7, 11) is 8.31. The van der Waals surface area contributed by atoms with E-state index in [9.17, 15) is 0 Å². The third-order valence-electron chi connectivity index (χ3n) is 4.29. The SMILES string of the molecule is CN(C)c1ccc2c(c1)[cH-]c1cc(N(C)C)ccc12.C[CH-]C.Cl.Cl.[C-]1=CC=CC1.[Zr+3]. The van der Waals surface area contributed by atoms with Crippen molar-refractivity contribution in [1.29, 1.82) is 0 Å². The van der Waals surface area contributed by atoms with Crippen LogP contribution in [0.3, 0.4) is 0 Å². The molecule has 0 unspecified atom stereocenters. The van der Waals surface area contributed by atoms with Crippen LogP contribution in [0.4, 0.5) is 11.4 Å². The van der Waals surface area contributed by atoms with Gasteiger partial charge < -0.3 is 16.2 Å². The van der Waals surface area contributed by atoms with Gasteiger partial charge in [-0.15, -0.1) is 58.8 Å². The largest absolute Gasteiger partial charge is 3.00 e. The molecule has 30 heavy (non-hydrogen) atoms. The second-order valence-electron chi connectivity index (χ2n) is 7.06. The molecule has 1 aliphatic rings. The van der Waals surface area contributed by atoms with Gasteiger partial charge in [0.1, 0.15) is 0 Å². The Labute approximate surface area is 214 Å². The Balaban J connectivity index is 0. The molecule has 0 aliphatic heterocycles. The van der Waals surface area contributed by atoms with E-state index in [1.165, 1.54) is 32.9 Å². The molecule has 4 rings (SSSR count). The molecule has 3 aromatic rings. The van der Waals surface area contributed by atoms with Gasteiger partial charge in [-0.25, -0.2) is 12.2 Å². The maximum atomic E-state index is 2.99. The van der Waals surface area contributed by atoms with Crippen LogP contribution in [0.5, 0.6) is 0 Å². The Kier molecular flexibility index (Phi) is 16.2. The fourth-order valence-electron chi connectivity index (χ4n) is 2.89. The first-order chi connectivity index (χ1) is 13.0. The zero-order chi connectivity index (χ0) is 19.8. The molecule has 0 N–H and O–H groups in total. The van der Waals surface area contributed by atoms with Gasteiger partial charge in [-0.1, -0.05) is 36.4 Å². The summed E-state index contributed by atoms with van der Waals surface area (Å²) >= 11 is 0. The van der Waals surface area contributed by atoms with Crippen molar-refractivity contribution < 1.29 is 26.2 Å². The molecule has 2 nitrogen and oxygen atoms in total. The smallest absolute Gasteiger partial charge is 0.384 e. The Morgan fingerprint density at radius 2 is 1.27 bits per heavy atom. The molecule has 0 spiro atoms. The van der Waals surface area contributed by atoms with Crippen LogP contribution in [0.15, 0.2) is 60.7 Å². The molecule has 0 amide bonds. The van der Waals surface area contributed by atoms with Crippen LogP contribution >= 0.6 is 24.8 Å². The molecule has 5 heteroatoms. The minimum Gasteiger partial charge on any atom is -0.384 e. The average Bonchev–Trinajstić information content (AvgIpc) is 3.32. The summed E-state index contributed by atoms with van der Waals surface area (Å²) in [5, 5.41) is 5.31. The summed E-state index contributed by atoms with van der Waals surface area (Å²) in [5.41, 5.74) is 2.49. The van der Waals surface area contributed by atoms with Gasteiger partial charge in [-0.2, -0.15) is 19.9 Å². The molecule has 3 aromatic carbocycles. The molecule has 1 aliphatic carbocycles. The fraction of sp³-hybridized carbons (Fsp3) is 0.280. The Bertz CT molecular complexity index is 855. The zero-order valence-electron chi connectivity index (χ0n) is 18.8. The number of benzene rings is 2. The molecule has 161 valence electrons. The minimum absolute atomic E-state index is 0. The summed E-state index contributed by atoms with van der Waals surface area (Å²) in [5.74, 6) is 0. The van der Waals surface area contributed by atoms with Gasteiger partial charge in [0.05, 0.1) is 0 Å². The first-order valence-electron chi connectivity index (χ1n) is 9.41. The number of anilines is 2. The Morgan fingerprint density at radius 1 is 0.833 bits per heavy atom. The van der Waals surface area contributed by atoms with Gasteiger partial charge in [0.15, 0.2) is 0 Å². The summed E-state index contributed by atoms with van der Waals surface area (Å²) in [4.78, 5) is 4.28. The molecular weight excluding hydrogens is 490 g/mol. The van der Waals surface area contributed by atoms with E-state index in [0.717, 1.165) is 6.42 Å².